The molecule has 102 valence electrons. The van der Waals surface area contributed by atoms with Gasteiger partial charge >= 0.3 is 5.97 Å². The molecule has 0 bridgehead atoms. The summed E-state index contributed by atoms with van der Waals surface area (Å²) >= 11 is 6.55. The lowest BCUT2D eigenvalue weighted by Gasteiger charge is -2.01. The van der Waals surface area contributed by atoms with Gasteiger partial charge in [-0.2, -0.15) is 5.26 Å². The van der Waals surface area contributed by atoms with Crippen LogP contribution in [0.4, 0.5) is 5.00 Å². The second kappa shape index (κ2) is 7.12. The van der Waals surface area contributed by atoms with E-state index < -0.39 is 5.97 Å². The highest BCUT2D eigenvalue weighted by molar-refractivity contribution is 7.18. The Balaban J connectivity index is 2.99. The highest BCUT2D eigenvalue weighted by Crippen LogP contribution is 2.33. The van der Waals surface area contributed by atoms with Crippen LogP contribution >= 0.6 is 22.9 Å². The molecule has 7 heteroatoms. The fourth-order valence-corrected chi connectivity index (χ4v) is 2.67. The number of esters is 1. The Labute approximate surface area is 120 Å². The highest BCUT2D eigenvalue weighted by atomic mass is 35.5. The monoisotopic (exact) mass is 300 g/mol. The van der Waals surface area contributed by atoms with E-state index in [1.807, 2.05) is 6.07 Å². The standard InChI is InChI=1S/C12H13ClN2O3S/c1-7-8(6-14)11(15-9(16)4-3-5-13)19-10(7)12(17)18-2/h3-5H2,1-2H3,(H,15,16). The van der Waals surface area contributed by atoms with Gasteiger partial charge in [0.05, 0.1) is 12.7 Å². The average Bonchev–Trinajstić information content (AvgIpc) is 2.71. The third-order valence-corrected chi connectivity index (χ3v) is 3.87. The predicted molar refractivity (Wildman–Crippen MR) is 73.7 cm³/mol. The van der Waals surface area contributed by atoms with Gasteiger partial charge in [-0.25, -0.2) is 4.79 Å². The van der Waals surface area contributed by atoms with Crippen LogP contribution in [-0.4, -0.2) is 24.9 Å². The highest BCUT2D eigenvalue weighted by Gasteiger charge is 2.21. The summed E-state index contributed by atoms with van der Waals surface area (Å²) in [5, 5.41) is 12.1. The summed E-state index contributed by atoms with van der Waals surface area (Å²) in [6.45, 7) is 1.65. The van der Waals surface area contributed by atoms with E-state index in [1.54, 1.807) is 6.92 Å². The molecule has 0 unspecified atom stereocenters. The number of alkyl halides is 1. The van der Waals surface area contributed by atoms with Crippen LogP contribution in [0.15, 0.2) is 0 Å². The summed E-state index contributed by atoms with van der Waals surface area (Å²) < 4.78 is 4.63. The first kappa shape index (κ1) is 15.5. The van der Waals surface area contributed by atoms with Gasteiger partial charge in [-0.3, -0.25) is 4.79 Å². The Hall–Kier alpha value is -1.58. The Kier molecular flexibility index (Phi) is 5.80. The number of anilines is 1. The second-order valence-corrected chi connectivity index (χ2v) is 5.10. The Morgan fingerprint density at radius 2 is 2.21 bits per heavy atom. The van der Waals surface area contributed by atoms with Gasteiger partial charge < -0.3 is 10.1 Å². The minimum Gasteiger partial charge on any atom is -0.465 e. The summed E-state index contributed by atoms with van der Waals surface area (Å²) in [4.78, 5) is 23.5. The number of carbonyl (C=O) groups is 2. The zero-order valence-corrected chi connectivity index (χ0v) is 12.2. The number of amides is 1. The summed E-state index contributed by atoms with van der Waals surface area (Å²) in [5.74, 6) is -0.342. The van der Waals surface area contributed by atoms with Crippen molar-refractivity contribution in [2.75, 3.05) is 18.3 Å². The van der Waals surface area contributed by atoms with E-state index in [0.29, 0.717) is 33.3 Å². The molecule has 5 nitrogen and oxygen atoms in total. The fraction of sp³-hybridized carbons (Fsp3) is 0.417. The Bertz CT molecular complexity index is 534. The van der Waals surface area contributed by atoms with Crippen LogP contribution in [0.25, 0.3) is 0 Å². The maximum Gasteiger partial charge on any atom is 0.348 e. The zero-order chi connectivity index (χ0) is 14.4. The summed E-state index contributed by atoms with van der Waals surface area (Å²) in [5.41, 5.74) is 0.816. The van der Waals surface area contributed by atoms with Crippen LogP contribution in [0.1, 0.15) is 33.6 Å². The van der Waals surface area contributed by atoms with E-state index in [1.165, 1.54) is 7.11 Å². The van der Waals surface area contributed by atoms with Crippen LogP contribution in [-0.2, 0) is 9.53 Å². The number of hydrogen-bond acceptors (Lipinski definition) is 5. The summed E-state index contributed by atoms with van der Waals surface area (Å²) in [6, 6.07) is 1.99. The van der Waals surface area contributed by atoms with Crippen LogP contribution in [0.2, 0.25) is 0 Å². The molecule has 0 spiro atoms. The third kappa shape index (κ3) is 3.69. The molecule has 0 aliphatic rings. The van der Waals surface area contributed by atoms with Crippen molar-refractivity contribution < 1.29 is 14.3 Å². The molecular formula is C12H13ClN2O3S. The Morgan fingerprint density at radius 3 is 2.74 bits per heavy atom. The van der Waals surface area contributed by atoms with E-state index in [-0.39, 0.29) is 12.3 Å². The predicted octanol–water partition coefficient (Wildman–Crippen LogP) is 2.67. The molecular weight excluding hydrogens is 288 g/mol. The summed E-state index contributed by atoms with van der Waals surface area (Å²) in [6.07, 6.45) is 0.836. The first-order chi connectivity index (χ1) is 9.04. The zero-order valence-electron chi connectivity index (χ0n) is 10.6. The molecule has 0 saturated carbocycles. The van der Waals surface area contributed by atoms with E-state index in [9.17, 15) is 9.59 Å². The molecule has 1 aromatic rings. The number of thiophene rings is 1. The number of nitrogens with one attached hydrogen (secondary N) is 1. The molecule has 0 aliphatic carbocycles. The second-order valence-electron chi connectivity index (χ2n) is 3.70. The molecule has 0 aromatic carbocycles. The SMILES string of the molecule is COC(=O)c1sc(NC(=O)CCCCl)c(C#N)c1C. The van der Waals surface area contributed by atoms with Gasteiger partial charge in [0.2, 0.25) is 5.91 Å². The van der Waals surface area contributed by atoms with Crippen molar-refractivity contribution in [1.82, 2.24) is 0 Å². The molecule has 1 N–H and O–H groups in total. The molecule has 1 amide bonds. The number of nitrogens with zero attached hydrogens (tertiary/aromatic N) is 1. The quantitative estimate of drug-likeness (QED) is 0.670. The molecule has 1 aromatic heterocycles. The topological polar surface area (TPSA) is 79.2 Å². The van der Waals surface area contributed by atoms with E-state index in [2.05, 4.69) is 10.1 Å². The lowest BCUT2D eigenvalue weighted by Crippen LogP contribution is -2.11. The van der Waals surface area contributed by atoms with E-state index >= 15 is 0 Å². The van der Waals surface area contributed by atoms with E-state index in [4.69, 9.17) is 16.9 Å². The van der Waals surface area contributed by atoms with Crippen LogP contribution < -0.4 is 5.32 Å². The number of ether oxygens (including phenoxy) is 1. The van der Waals surface area contributed by atoms with Crippen molar-refractivity contribution in [2.45, 2.75) is 19.8 Å². The van der Waals surface area contributed by atoms with Gasteiger partial charge in [-0.1, -0.05) is 0 Å². The first-order valence-corrected chi connectivity index (χ1v) is 6.87. The van der Waals surface area contributed by atoms with Gasteiger partial charge in [-0.05, 0) is 18.9 Å². The van der Waals surface area contributed by atoms with Crippen molar-refractivity contribution >= 4 is 39.8 Å². The Morgan fingerprint density at radius 1 is 1.53 bits per heavy atom. The van der Waals surface area contributed by atoms with Crippen LogP contribution in [0.5, 0.6) is 0 Å². The minimum absolute atomic E-state index is 0.227. The molecule has 0 radical (unpaired) electrons. The largest absolute Gasteiger partial charge is 0.465 e. The lowest BCUT2D eigenvalue weighted by molar-refractivity contribution is -0.116. The molecule has 0 atom stereocenters. The van der Waals surface area contributed by atoms with Crippen molar-refractivity contribution in [2.24, 2.45) is 0 Å². The smallest absolute Gasteiger partial charge is 0.348 e. The number of nitriles is 1. The molecule has 0 saturated heterocycles. The average molecular weight is 301 g/mol. The summed E-state index contributed by atoms with van der Waals surface area (Å²) in [7, 11) is 1.27. The molecule has 1 rings (SSSR count). The maximum absolute atomic E-state index is 11.6. The van der Waals surface area contributed by atoms with Crippen LogP contribution in [0, 0.1) is 18.3 Å². The number of methoxy groups -OCH3 is 1. The number of rotatable bonds is 5. The number of carbonyl (C=O) groups excluding carboxylic acids is 2. The molecule has 19 heavy (non-hydrogen) atoms. The fourth-order valence-electron chi connectivity index (χ4n) is 1.44. The lowest BCUT2D eigenvalue weighted by atomic mass is 10.2. The molecule has 0 fully saturated rings. The van der Waals surface area contributed by atoms with Crippen molar-refractivity contribution in [3.8, 4) is 6.07 Å². The molecule has 1 heterocycles. The van der Waals surface area contributed by atoms with Crippen molar-refractivity contribution in [3.63, 3.8) is 0 Å². The number of halogens is 1. The van der Waals surface area contributed by atoms with Gasteiger partial charge in [0, 0.05) is 12.3 Å². The van der Waals surface area contributed by atoms with Gasteiger partial charge in [0.1, 0.15) is 15.9 Å². The number of hydrogen-bond donors (Lipinski definition) is 1. The first-order valence-electron chi connectivity index (χ1n) is 5.52. The van der Waals surface area contributed by atoms with Gasteiger partial charge in [0.25, 0.3) is 0 Å². The van der Waals surface area contributed by atoms with Crippen molar-refractivity contribution in [1.29, 1.82) is 5.26 Å². The maximum atomic E-state index is 11.6. The van der Waals surface area contributed by atoms with E-state index in [0.717, 1.165) is 11.3 Å². The van der Waals surface area contributed by atoms with Crippen molar-refractivity contribution in [3.05, 3.63) is 16.0 Å². The van der Waals surface area contributed by atoms with Gasteiger partial charge in [-0.15, -0.1) is 22.9 Å². The van der Waals surface area contributed by atoms with Crippen LogP contribution in [0.3, 0.4) is 0 Å². The van der Waals surface area contributed by atoms with Gasteiger partial charge in [0.15, 0.2) is 0 Å². The molecule has 0 aliphatic heterocycles. The normalized spacial score (nSPS) is 9.79. The third-order valence-electron chi connectivity index (χ3n) is 2.42. The minimum atomic E-state index is -0.514.